The monoisotopic (exact) mass is 2120 g/mol. The standard InChI is InChI=1S/C52H30S6.C20H26B2O4S3.C18H13I.C9H19BO3.C8H4S3.3C2H6/c1-5-15-31(16-6-1)35-23-13-24-36(32-17-7-2-8-18-32)47(35)41-29-45-51(57-41)49-43(53-45)27-39(55-49)40-28-44-50(56-40)52-46(54-44)30-42(58-52)48-37(33-19-9-3-10-20-33)25-14-26-38(48)34-21-11-4-12-22-34;1-17(2)18(3,4)24-21(23-17)13-9-11-15(28-13)16-12(27-11)10-14(29-16)22-25-19(5,6)20(7,8)26-22;19-18-16(14-8-3-1-4-9-14)12-7-13-17(18)15-10-5-2-6-11-15;1-8(2)9(3,4)13-7-10(11)5-6-12-8;1-3-9-7-5(1)11-6-2-4-10-8(6)7;3*1-2/h1-30H;9-10H,1-8H3;1-13H;11H,5-7H2,1-4H3;1-4H;3*1-2H3. The molecule has 3 aliphatic rings. The third-order valence-corrected chi connectivity index (χ3v) is 41.7. The van der Waals surface area contributed by atoms with Crippen molar-refractivity contribution in [2.24, 2.45) is 0 Å². The van der Waals surface area contributed by atoms with Crippen LogP contribution in [0.2, 0.25) is 6.32 Å². The summed E-state index contributed by atoms with van der Waals surface area (Å²) in [7, 11) is -0.607. The number of halogens is 1. The van der Waals surface area contributed by atoms with Gasteiger partial charge < -0.3 is 33.1 Å². The minimum atomic E-state index is -0.393. The molecule has 0 bridgehead atoms. The third-order valence-electron chi connectivity index (χ3n) is 25.5. The van der Waals surface area contributed by atoms with E-state index in [1.165, 1.54) is 176 Å². The first-order valence-corrected chi connectivity index (χ1v) is 57.5. The molecular weight excluding hydrogens is 2010 g/mol. The van der Waals surface area contributed by atoms with E-state index in [9.17, 15) is 5.02 Å². The fraction of sp³-hybridized carbons (Fsp3) is 0.239. The van der Waals surface area contributed by atoms with Crippen molar-refractivity contribution in [1.29, 1.82) is 0 Å². The molecule has 0 aliphatic carbocycles. The van der Waals surface area contributed by atoms with Crippen LogP contribution in [0.15, 0.2) is 296 Å². The molecule has 3 saturated heterocycles. The van der Waals surface area contributed by atoms with E-state index < -0.39 is 6.92 Å². The summed E-state index contributed by atoms with van der Waals surface area (Å²) in [5.41, 5.74) is 15.9. The zero-order chi connectivity index (χ0) is 95.6. The highest BCUT2D eigenvalue weighted by molar-refractivity contribution is 14.1. The molecule has 0 amide bonds. The van der Waals surface area contributed by atoms with E-state index in [1.54, 1.807) is 22.7 Å². The number of hydrogen-bond donors (Lipinski definition) is 1. The summed E-state index contributed by atoms with van der Waals surface area (Å²) in [5.74, 6) is 0. The second-order valence-corrected chi connectivity index (χ2v) is 49.3. The Morgan fingerprint density at radius 1 is 0.265 bits per heavy atom. The molecule has 9 aromatic carbocycles. The summed E-state index contributed by atoms with van der Waals surface area (Å²) in [6.07, 6.45) is 0.652. The van der Waals surface area contributed by atoms with Gasteiger partial charge in [0.05, 0.1) is 77.7 Å². The fourth-order valence-corrected chi connectivity index (χ4v) is 33.1. The Morgan fingerprint density at radius 2 is 0.522 bits per heavy atom. The van der Waals surface area contributed by atoms with E-state index in [2.05, 4.69) is 374 Å². The first-order chi connectivity index (χ1) is 65.7. The van der Waals surface area contributed by atoms with E-state index in [1.807, 2.05) is 183 Å². The van der Waals surface area contributed by atoms with E-state index in [-0.39, 0.29) is 47.8 Å². The van der Waals surface area contributed by atoms with Crippen LogP contribution in [0.25, 0.3) is 173 Å². The molecule has 0 unspecified atom stereocenters. The highest BCUT2D eigenvalue weighted by Gasteiger charge is 2.54. The number of ether oxygens (including phenoxy) is 2. The largest absolute Gasteiger partial charge is 0.505 e. The van der Waals surface area contributed by atoms with Gasteiger partial charge in [0, 0.05) is 88.0 Å². The average Bonchev–Trinajstić information content (AvgIpc) is 1.57. The first kappa shape index (κ1) is 99.7. The molecule has 21 aromatic rings. The normalized spacial score (nSPS) is 15.5. The smallest absolute Gasteiger partial charge is 0.448 e. The molecule has 3 fully saturated rings. The van der Waals surface area contributed by atoms with Crippen molar-refractivity contribution in [3.8, 4) is 97.4 Å². The summed E-state index contributed by atoms with van der Waals surface area (Å²) < 4.78 is 62.1. The van der Waals surface area contributed by atoms with Crippen molar-refractivity contribution < 1.29 is 33.1 Å². The fourth-order valence-electron chi connectivity index (χ4n) is 16.4. The maximum absolute atomic E-state index is 9.41. The summed E-state index contributed by atoms with van der Waals surface area (Å²) in [6, 6.07) is 103. The molecule has 136 heavy (non-hydrogen) atoms. The van der Waals surface area contributed by atoms with Crippen LogP contribution in [0.4, 0.5) is 0 Å². The zero-order valence-corrected chi connectivity index (χ0v) is 91.8. The van der Waals surface area contributed by atoms with Crippen LogP contribution in [-0.2, 0) is 28.1 Å². The van der Waals surface area contributed by atoms with Gasteiger partial charge in [-0.2, -0.15) is 0 Å². The lowest BCUT2D eigenvalue weighted by atomic mass is 9.66. The quantitative estimate of drug-likeness (QED) is 0.102. The predicted octanol–water partition coefficient (Wildman–Crippen LogP) is 37.1. The van der Waals surface area contributed by atoms with Gasteiger partial charge in [-0.3, -0.25) is 0 Å². The van der Waals surface area contributed by atoms with Crippen molar-refractivity contribution in [3.63, 3.8) is 0 Å². The van der Waals surface area contributed by atoms with Crippen molar-refractivity contribution in [1.82, 2.24) is 0 Å². The minimum absolute atomic E-state index is 0.298. The molecule has 24 rings (SSSR count). The Morgan fingerprint density at radius 3 is 0.838 bits per heavy atom. The first-order valence-electron chi connectivity index (χ1n) is 46.5. The van der Waals surface area contributed by atoms with Gasteiger partial charge in [-0.05, 0) is 238 Å². The number of hydrogen-bond acceptors (Lipinski definition) is 19. The van der Waals surface area contributed by atoms with Crippen LogP contribution in [0.3, 0.4) is 0 Å². The molecule has 15 heterocycles. The van der Waals surface area contributed by atoms with E-state index in [0.717, 1.165) is 9.55 Å². The van der Waals surface area contributed by atoms with Crippen LogP contribution in [0, 0.1) is 3.57 Å². The van der Waals surface area contributed by atoms with Crippen molar-refractivity contribution >= 4 is 265 Å². The number of benzene rings is 9. The predicted molar refractivity (Wildman–Crippen MR) is 620 cm³/mol. The lowest BCUT2D eigenvalue weighted by molar-refractivity contribution is -0.171. The zero-order valence-electron chi connectivity index (χ0n) is 79.8. The molecule has 0 radical (unpaired) electrons. The SMILES string of the molecule is CC.CC.CC.CC1(C)OB(c2cc3sc4cc(B5OC(C)(C)C(C)(C)O5)sc4c3s2)OC1(C)C.CC1(C)OCCB(O)COC1(C)C.Ic1c(-c2ccccc2)cccc1-c1ccccc1.c1cc2sc3ccsc3c2s1.c1ccc(-c2cccc(-c3ccccc3)c2-c2cc3sc4cc(-c5cc6sc7cc(-c8c(-c9ccccc9)cccc8-c8ccccc8)sc7c6s5)sc4c3s2)cc1. The Kier molecular flexibility index (Phi) is 31.1. The van der Waals surface area contributed by atoms with Crippen molar-refractivity contribution in [2.75, 3.05) is 13.1 Å². The highest BCUT2D eigenvalue weighted by Crippen LogP contribution is 2.56. The summed E-state index contributed by atoms with van der Waals surface area (Å²) in [5, 5.41) is 13.7. The van der Waals surface area contributed by atoms with Crippen molar-refractivity contribution in [3.05, 3.63) is 299 Å². The van der Waals surface area contributed by atoms with E-state index in [0.29, 0.717) is 19.4 Å². The number of fused-ring (bicyclic) bond motifs is 12. The van der Waals surface area contributed by atoms with E-state index in [4.69, 9.17) is 28.1 Å². The van der Waals surface area contributed by atoms with Gasteiger partial charge in [-0.15, -0.1) is 136 Å². The summed E-state index contributed by atoms with van der Waals surface area (Å²) in [6.45, 7) is 37.4. The number of thiophene rings is 12. The summed E-state index contributed by atoms with van der Waals surface area (Å²) >= 11 is 25.1. The lowest BCUT2D eigenvalue weighted by Crippen LogP contribution is -2.52. The molecule has 692 valence electrons. The molecule has 23 heteroatoms. The molecule has 0 saturated carbocycles. The van der Waals surface area contributed by atoms with Crippen LogP contribution < -0.4 is 9.55 Å². The lowest BCUT2D eigenvalue weighted by Gasteiger charge is -2.42. The molecule has 7 nitrogen and oxygen atoms in total. The Hall–Kier alpha value is -7.90. The molecule has 1 N–H and O–H groups in total. The van der Waals surface area contributed by atoms with Crippen LogP contribution in [0.1, 0.15) is 125 Å². The van der Waals surface area contributed by atoms with Gasteiger partial charge >= 0.3 is 21.2 Å². The van der Waals surface area contributed by atoms with Crippen LogP contribution >= 0.6 is 159 Å². The maximum atomic E-state index is 9.41. The Balaban J connectivity index is 0.000000135. The van der Waals surface area contributed by atoms with Crippen LogP contribution in [-0.4, -0.2) is 72.9 Å². The van der Waals surface area contributed by atoms with Crippen LogP contribution in [0.5, 0.6) is 0 Å². The summed E-state index contributed by atoms with van der Waals surface area (Å²) in [4.78, 5) is 5.39. The minimum Gasteiger partial charge on any atom is -0.448 e. The van der Waals surface area contributed by atoms with Gasteiger partial charge in [0.15, 0.2) is 0 Å². The highest BCUT2D eigenvalue weighted by atomic mass is 127. The van der Waals surface area contributed by atoms with Gasteiger partial charge in [-0.1, -0.05) is 278 Å². The van der Waals surface area contributed by atoms with Crippen molar-refractivity contribution in [2.45, 2.75) is 165 Å². The molecular formula is C113H110B3IO7S12. The van der Waals surface area contributed by atoms with E-state index >= 15 is 0 Å². The van der Waals surface area contributed by atoms with Gasteiger partial charge in [0.2, 0.25) is 0 Å². The second kappa shape index (κ2) is 42.5. The molecule has 0 atom stereocenters. The maximum Gasteiger partial charge on any atom is 0.505 e. The Labute approximate surface area is 863 Å². The van der Waals surface area contributed by atoms with Gasteiger partial charge in [-0.25, -0.2) is 0 Å². The molecule has 0 spiro atoms. The topological polar surface area (TPSA) is 75.6 Å². The third kappa shape index (κ3) is 20.5. The average molecular weight is 2120 g/mol. The van der Waals surface area contributed by atoms with Gasteiger partial charge in [0.25, 0.3) is 0 Å². The molecule has 3 aliphatic heterocycles. The second-order valence-electron chi connectivity index (χ2n) is 35.7. The molecule has 12 aromatic heterocycles. The van der Waals surface area contributed by atoms with Gasteiger partial charge in [0.1, 0.15) is 0 Å². The Bertz CT molecular complexity index is 7040. The number of rotatable bonds is 11.